The number of aliphatic hydroxyl groups is 6. The molecule has 0 amide bonds. The predicted molar refractivity (Wildman–Crippen MR) is 219 cm³/mol. The minimum absolute atomic E-state index is 0.0106. The van der Waals surface area contributed by atoms with Gasteiger partial charge in [-0.25, -0.2) is 0 Å². The average molecular weight is 863 g/mol. The molecule has 6 heterocycles. The molecule has 21 unspecified atom stereocenters. The Morgan fingerprint density at radius 1 is 0.869 bits per heavy atom. The molecule has 0 saturated carbocycles. The third-order valence-corrected chi connectivity index (χ3v) is 14.5. The number of hydrogen-bond acceptors (Lipinski definition) is 15. The van der Waals surface area contributed by atoms with Crippen molar-refractivity contribution in [2.75, 3.05) is 6.61 Å². The summed E-state index contributed by atoms with van der Waals surface area (Å²) in [5.41, 5.74) is -0.0994. The van der Waals surface area contributed by atoms with Gasteiger partial charge in [0.25, 0.3) is 0 Å². The molecule has 0 aromatic carbocycles. The van der Waals surface area contributed by atoms with E-state index < -0.39 is 109 Å². The van der Waals surface area contributed by atoms with Crippen molar-refractivity contribution in [1.29, 1.82) is 0 Å². The second kappa shape index (κ2) is 18.8. The number of rotatable bonds is 6. The first-order valence-corrected chi connectivity index (χ1v) is 22.5. The van der Waals surface area contributed by atoms with E-state index >= 15 is 0 Å². The van der Waals surface area contributed by atoms with Crippen molar-refractivity contribution in [3.05, 3.63) is 47.1 Å². The van der Waals surface area contributed by atoms with Gasteiger partial charge in [0.05, 0.1) is 55.4 Å². The summed E-state index contributed by atoms with van der Waals surface area (Å²) in [5.74, 6) is -3.32. The molecule has 15 heteroatoms. The molecule has 1 aliphatic carbocycles. The summed E-state index contributed by atoms with van der Waals surface area (Å²) in [6.07, 6.45) is -0.530. The predicted octanol–water partition coefficient (Wildman–Crippen LogP) is 3.26. The summed E-state index contributed by atoms with van der Waals surface area (Å²) in [7, 11) is 0. The van der Waals surface area contributed by atoms with Crippen LogP contribution in [-0.4, -0.2) is 147 Å². The van der Waals surface area contributed by atoms with Crippen LogP contribution in [0.2, 0.25) is 0 Å². The van der Waals surface area contributed by atoms with Crippen LogP contribution in [0.3, 0.4) is 0 Å². The lowest BCUT2D eigenvalue weighted by Gasteiger charge is -2.52. The second-order valence-corrected chi connectivity index (χ2v) is 19.1. The van der Waals surface area contributed by atoms with Gasteiger partial charge in [-0.3, -0.25) is 4.79 Å². The van der Waals surface area contributed by atoms with Crippen LogP contribution in [0.15, 0.2) is 47.1 Å². The molecule has 7 rings (SSSR count). The molecule has 5 fully saturated rings. The standard InChI is InChI=1S/C46H70O15/c1-9-22(2)41-26(6)35(49)20-45(61-41)19-31-16-30(60-45)14-13-24(4)40(58-37-18-34(48)42(28(8)56-37)59-36-17-33(47)39(51)27(7)55-36)23(3)11-10-12-29-21-54-43-38(50)25(5)15-32(44(52)57-31)46(29,43)53/h10-13,15,22-23,26-28,30-43,47-51,53H,9,14,16-21H2,1-8H3. The molecule has 61 heavy (non-hydrogen) atoms. The number of allylic oxidation sites excluding steroid dienone is 2. The summed E-state index contributed by atoms with van der Waals surface area (Å²) >= 11 is 0. The van der Waals surface area contributed by atoms with E-state index in [4.69, 9.17) is 37.9 Å². The highest BCUT2D eigenvalue weighted by molar-refractivity contribution is 5.78. The number of fused-ring (bicyclic) bond motifs is 2. The lowest BCUT2D eigenvalue weighted by atomic mass is 9.71. The summed E-state index contributed by atoms with van der Waals surface area (Å²) in [5, 5.41) is 66.9. The summed E-state index contributed by atoms with van der Waals surface area (Å²) in [6.45, 7) is 15.3. The Bertz CT molecular complexity index is 1660. The highest BCUT2D eigenvalue weighted by Crippen LogP contribution is 2.48. The molecule has 5 saturated heterocycles. The van der Waals surface area contributed by atoms with Crippen LogP contribution in [0.4, 0.5) is 0 Å². The second-order valence-electron chi connectivity index (χ2n) is 19.1. The lowest BCUT2D eigenvalue weighted by Crippen LogP contribution is -2.60. The lowest BCUT2D eigenvalue weighted by molar-refractivity contribution is -0.354. The largest absolute Gasteiger partial charge is 0.462 e. The van der Waals surface area contributed by atoms with Crippen molar-refractivity contribution >= 4 is 5.97 Å². The van der Waals surface area contributed by atoms with Crippen LogP contribution < -0.4 is 0 Å². The van der Waals surface area contributed by atoms with Crippen molar-refractivity contribution < 1.29 is 73.3 Å². The Labute approximate surface area is 359 Å². The van der Waals surface area contributed by atoms with E-state index in [0.717, 1.165) is 12.0 Å². The summed E-state index contributed by atoms with van der Waals surface area (Å²) in [4.78, 5) is 14.3. The van der Waals surface area contributed by atoms with Crippen LogP contribution in [0.25, 0.3) is 0 Å². The highest BCUT2D eigenvalue weighted by atomic mass is 16.7. The van der Waals surface area contributed by atoms with E-state index in [2.05, 4.69) is 19.9 Å². The van der Waals surface area contributed by atoms with Crippen LogP contribution >= 0.6 is 0 Å². The molecular weight excluding hydrogens is 792 g/mol. The minimum Gasteiger partial charge on any atom is -0.462 e. The fourth-order valence-corrected chi connectivity index (χ4v) is 10.6. The van der Waals surface area contributed by atoms with E-state index in [-0.39, 0.29) is 56.1 Å². The van der Waals surface area contributed by atoms with Gasteiger partial charge in [-0.05, 0) is 56.8 Å². The highest BCUT2D eigenvalue weighted by Gasteiger charge is 2.60. The molecule has 0 aromatic rings. The fourth-order valence-electron chi connectivity index (χ4n) is 10.6. The van der Waals surface area contributed by atoms with E-state index in [9.17, 15) is 35.4 Å². The van der Waals surface area contributed by atoms with Crippen molar-refractivity contribution in [2.24, 2.45) is 23.7 Å². The van der Waals surface area contributed by atoms with Crippen LogP contribution in [0, 0.1) is 23.7 Å². The molecule has 21 atom stereocenters. The van der Waals surface area contributed by atoms with Gasteiger partial charge in [-0.2, -0.15) is 0 Å². The zero-order chi connectivity index (χ0) is 44.1. The van der Waals surface area contributed by atoms with Gasteiger partial charge < -0.3 is 68.5 Å². The number of ether oxygens (including phenoxy) is 8. The van der Waals surface area contributed by atoms with Crippen molar-refractivity contribution in [1.82, 2.24) is 0 Å². The number of aliphatic hydroxyl groups excluding tert-OH is 5. The van der Waals surface area contributed by atoms with Gasteiger partial charge in [0.15, 0.2) is 18.4 Å². The van der Waals surface area contributed by atoms with Crippen molar-refractivity contribution in [3.63, 3.8) is 0 Å². The Morgan fingerprint density at radius 2 is 1.57 bits per heavy atom. The Balaban J connectivity index is 1.18. The molecule has 6 aliphatic heterocycles. The normalized spacial score (nSPS) is 49.0. The SMILES string of the molecule is CCC(C)C1OC2(CC3CC(CC=C(C)C(OC4CC(O)C(OC5CC(O)C(O)C(C)O5)C(C)O4)C(C)C=CC=C4COC5C(O)C(C)=CC(C(=O)O3)C45O)O2)CC(O)C1C. The first kappa shape index (κ1) is 46.9. The van der Waals surface area contributed by atoms with E-state index in [1.807, 2.05) is 26.8 Å². The quantitative estimate of drug-likeness (QED) is 0.167. The topological polar surface area (TPSA) is 212 Å². The summed E-state index contributed by atoms with van der Waals surface area (Å²) < 4.78 is 51.0. The average Bonchev–Trinajstić information content (AvgIpc) is 3.54. The van der Waals surface area contributed by atoms with Gasteiger partial charge in [-0.1, -0.05) is 64.5 Å². The van der Waals surface area contributed by atoms with Crippen LogP contribution in [-0.2, 0) is 42.7 Å². The van der Waals surface area contributed by atoms with Crippen molar-refractivity contribution in [3.8, 4) is 0 Å². The number of esters is 1. The van der Waals surface area contributed by atoms with Gasteiger partial charge in [0, 0.05) is 43.9 Å². The molecule has 2 bridgehead atoms. The number of carbonyl (C=O) groups excluding carboxylic acids is 1. The van der Waals surface area contributed by atoms with Crippen LogP contribution in [0.5, 0.6) is 0 Å². The monoisotopic (exact) mass is 862 g/mol. The Morgan fingerprint density at radius 3 is 2.28 bits per heavy atom. The summed E-state index contributed by atoms with van der Waals surface area (Å²) in [6, 6.07) is 0. The maximum atomic E-state index is 14.3. The first-order chi connectivity index (χ1) is 28.8. The maximum Gasteiger partial charge on any atom is 0.316 e. The zero-order valence-electron chi connectivity index (χ0n) is 36.9. The Kier molecular flexibility index (Phi) is 14.4. The van der Waals surface area contributed by atoms with Gasteiger partial charge >= 0.3 is 5.97 Å². The molecule has 344 valence electrons. The molecule has 0 radical (unpaired) electrons. The number of hydrogen-bond donors (Lipinski definition) is 6. The van der Waals surface area contributed by atoms with Gasteiger partial charge in [-0.15, -0.1) is 0 Å². The molecule has 15 nitrogen and oxygen atoms in total. The molecule has 7 aliphatic rings. The van der Waals surface area contributed by atoms with E-state index in [1.165, 1.54) is 0 Å². The van der Waals surface area contributed by atoms with Gasteiger partial charge in [0.1, 0.15) is 42.0 Å². The molecular formula is C46H70O15. The molecule has 6 N–H and O–H groups in total. The van der Waals surface area contributed by atoms with E-state index in [1.54, 1.807) is 39.0 Å². The van der Waals surface area contributed by atoms with E-state index in [0.29, 0.717) is 24.0 Å². The van der Waals surface area contributed by atoms with Crippen LogP contribution in [0.1, 0.15) is 100 Å². The zero-order valence-corrected chi connectivity index (χ0v) is 36.9. The van der Waals surface area contributed by atoms with Crippen molar-refractivity contribution in [2.45, 2.75) is 204 Å². The third-order valence-electron chi connectivity index (χ3n) is 14.5. The fraction of sp³-hybridized carbons (Fsp3) is 0.804. The molecule has 0 aromatic heterocycles. The Hall–Kier alpha value is -2.09. The number of carbonyl (C=O) groups is 1. The maximum absolute atomic E-state index is 14.3. The molecule has 1 spiro atoms. The first-order valence-electron chi connectivity index (χ1n) is 22.5. The smallest absolute Gasteiger partial charge is 0.316 e. The third kappa shape index (κ3) is 9.52. The minimum atomic E-state index is -1.89. The van der Waals surface area contributed by atoms with Gasteiger partial charge in [0.2, 0.25) is 0 Å².